The van der Waals surface area contributed by atoms with Crippen molar-refractivity contribution in [2.45, 2.75) is 4.90 Å². The molecule has 1 aromatic rings. The lowest BCUT2D eigenvalue weighted by Gasteiger charge is -2.18. The second kappa shape index (κ2) is 5.51. The number of fused-ring (bicyclic) bond motifs is 1. The van der Waals surface area contributed by atoms with Crippen molar-refractivity contribution in [2.24, 2.45) is 0 Å². The summed E-state index contributed by atoms with van der Waals surface area (Å²) in [5, 5.41) is 0. The average Bonchev–Trinajstić information content (AvgIpc) is 2.35. The van der Waals surface area contributed by atoms with Gasteiger partial charge in [-0.3, -0.25) is 0 Å². The Balaban J connectivity index is 2.03. The van der Waals surface area contributed by atoms with E-state index in [0.29, 0.717) is 19.1 Å². The van der Waals surface area contributed by atoms with E-state index < -0.39 is 0 Å². The Hall–Kier alpha value is -0.800. The minimum atomic E-state index is 0.511. The molecule has 0 fully saturated rings. The van der Waals surface area contributed by atoms with E-state index in [1.165, 1.54) is 0 Å². The van der Waals surface area contributed by atoms with Crippen molar-refractivity contribution in [3.05, 3.63) is 30.4 Å². The van der Waals surface area contributed by atoms with Gasteiger partial charge in [0.1, 0.15) is 13.2 Å². The standard InChI is InChI=1S/C12H13ClO2S/c1-9(7-13)8-16-10-2-3-11-12(6-10)15-5-4-14-11/h2-3,6H,1,4-5,7-8H2. The van der Waals surface area contributed by atoms with E-state index in [1.54, 1.807) is 11.8 Å². The number of hydrogen-bond donors (Lipinski definition) is 0. The molecule has 0 aromatic heterocycles. The third kappa shape index (κ3) is 2.86. The molecule has 2 rings (SSSR count). The van der Waals surface area contributed by atoms with E-state index in [9.17, 15) is 0 Å². The molecule has 0 bridgehead atoms. The SMILES string of the molecule is C=C(CCl)CSc1ccc2c(c1)OCCO2. The Labute approximate surface area is 105 Å². The Morgan fingerprint density at radius 3 is 2.81 bits per heavy atom. The van der Waals surface area contributed by atoms with Gasteiger partial charge in [-0.15, -0.1) is 23.4 Å². The second-order valence-electron chi connectivity index (χ2n) is 3.48. The fourth-order valence-electron chi connectivity index (χ4n) is 1.34. The van der Waals surface area contributed by atoms with Gasteiger partial charge in [0.2, 0.25) is 0 Å². The van der Waals surface area contributed by atoms with Gasteiger partial charge in [0.25, 0.3) is 0 Å². The molecule has 86 valence electrons. The van der Waals surface area contributed by atoms with Gasteiger partial charge < -0.3 is 9.47 Å². The van der Waals surface area contributed by atoms with E-state index in [0.717, 1.165) is 27.7 Å². The molecular formula is C12H13ClO2S. The number of alkyl halides is 1. The first kappa shape index (κ1) is 11.7. The van der Waals surface area contributed by atoms with Gasteiger partial charge in [-0.25, -0.2) is 0 Å². The maximum atomic E-state index is 5.68. The van der Waals surface area contributed by atoms with E-state index in [1.807, 2.05) is 18.2 Å². The zero-order chi connectivity index (χ0) is 11.4. The molecule has 4 heteroatoms. The fraction of sp³-hybridized carbons (Fsp3) is 0.333. The molecule has 0 saturated heterocycles. The van der Waals surface area contributed by atoms with Gasteiger partial charge in [0, 0.05) is 16.5 Å². The zero-order valence-corrected chi connectivity index (χ0v) is 10.4. The summed E-state index contributed by atoms with van der Waals surface area (Å²) in [4.78, 5) is 1.15. The smallest absolute Gasteiger partial charge is 0.162 e. The monoisotopic (exact) mass is 256 g/mol. The van der Waals surface area contributed by atoms with E-state index in [-0.39, 0.29) is 0 Å². The van der Waals surface area contributed by atoms with E-state index in [4.69, 9.17) is 21.1 Å². The zero-order valence-electron chi connectivity index (χ0n) is 8.87. The topological polar surface area (TPSA) is 18.5 Å². The summed E-state index contributed by atoms with van der Waals surface area (Å²) >= 11 is 7.38. The fourth-order valence-corrected chi connectivity index (χ4v) is 2.37. The minimum absolute atomic E-state index is 0.511. The van der Waals surface area contributed by atoms with Gasteiger partial charge in [0.15, 0.2) is 11.5 Å². The van der Waals surface area contributed by atoms with E-state index >= 15 is 0 Å². The molecule has 0 N–H and O–H groups in total. The van der Waals surface area contributed by atoms with Crippen LogP contribution in [0.3, 0.4) is 0 Å². The maximum absolute atomic E-state index is 5.68. The lowest BCUT2D eigenvalue weighted by Crippen LogP contribution is -2.15. The third-order valence-electron chi connectivity index (χ3n) is 2.15. The van der Waals surface area contributed by atoms with E-state index in [2.05, 4.69) is 6.58 Å². The Morgan fingerprint density at radius 1 is 1.31 bits per heavy atom. The quantitative estimate of drug-likeness (QED) is 0.468. The summed E-state index contributed by atoms with van der Waals surface area (Å²) in [7, 11) is 0. The first-order valence-corrected chi connectivity index (χ1v) is 6.56. The van der Waals surface area contributed by atoms with Crippen molar-refractivity contribution in [1.82, 2.24) is 0 Å². The van der Waals surface area contributed by atoms with Crippen molar-refractivity contribution < 1.29 is 9.47 Å². The number of rotatable bonds is 4. The van der Waals surface area contributed by atoms with Crippen LogP contribution in [0.5, 0.6) is 11.5 Å². The molecule has 1 heterocycles. The number of ether oxygens (including phenoxy) is 2. The summed E-state index contributed by atoms with van der Waals surface area (Å²) in [6.45, 7) is 5.12. The van der Waals surface area contributed by atoms with Gasteiger partial charge in [0.05, 0.1) is 0 Å². The molecule has 1 aliphatic heterocycles. The van der Waals surface area contributed by atoms with Crippen LogP contribution in [0.1, 0.15) is 0 Å². The van der Waals surface area contributed by atoms with Crippen LogP contribution in [0.2, 0.25) is 0 Å². The summed E-state index contributed by atoms with van der Waals surface area (Å²) in [6.07, 6.45) is 0. The van der Waals surface area contributed by atoms with Gasteiger partial charge in [-0.05, 0) is 18.2 Å². The summed E-state index contributed by atoms with van der Waals surface area (Å²) in [5.74, 6) is 3.00. The highest BCUT2D eigenvalue weighted by Gasteiger charge is 2.11. The molecule has 0 saturated carbocycles. The van der Waals surface area contributed by atoms with Crippen LogP contribution in [-0.4, -0.2) is 24.8 Å². The van der Waals surface area contributed by atoms with Crippen LogP contribution < -0.4 is 9.47 Å². The highest BCUT2D eigenvalue weighted by atomic mass is 35.5. The molecule has 0 amide bonds. The molecular weight excluding hydrogens is 244 g/mol. The van der Waals surface area contributed by atoms with Gasteiger partial charge in [-0.2, -0.15) is 0 Å². The summed E-state index contributed by atoms with van der Waals surface area (Å²) < 4.78 is 11.0. The van der Waals surface area contributed by atoms with Crippen LogP contribution in [0.15, 0.2) is 35.2 Å². The minimum Gasteiger partial charge on any atom is -0.486 e. The molecule has 0 unspecified atom stereocenters. The van der Waals surface area contributed by atoms with Crippen molar-refractivity contribution >= 4 is 23.4 Å². The van der Waals surface area contributed by atoms with Crippen LogP contribution in [0.4, 0.5) is 0 Å². The number of benzene rings is 1. The van der Waals surface area contributed by atoms with Crippen LogP contribution in [-0.2, 0) is 0 Å². The summed E-state index contributed by atoms with van der Waals surface area (Å²) in [6, 6.07) is 5.97. The van der Waals surface area contributed by atoms with Crippen molar-refractivity contribution in [2.75, 3.05) is 24.8 Å². The van der Waals surface area contributed by atoms with Crippen LogP contribution >= 0.6 is 23.4 Å². The Bertz CT molecular complexity index is 393. The largest absolute Gasteiger partial charge is 0.486 e. The molecule has 0 radical (unpaired) electrons. The molecule has 2 nitrogen and oxygen atoms in total. The molecule has 0 spiro atoms. The number of hydrogen-bond acceptors (Lipinski definition) is 3. The second-order valence-corrected chi connectivity index (χ2v) is 4.79. The molecule has 16 heavy (non-hydrogen) atoms. The van der Waals surface area contributed by atoms with Gasteiger partial charge in [-0.1, -0.05) is 12.2 Å². The number of thioether (sulfide) groups is 1. The summed E-state index contributed by atoms with van der Waals surface area (Å²) in [5.41, 5.74) is 1.03. The predicted molar refractivity (Wildman–Crippen MR) is 68.0 cm³/mol. The average molecular weight is 257 g/mol. The predicted octanol–water partition coefficient (Wildman–Crippen LogP) is 3.34. The van der Waals surface area contributed by atoms with Crippen molar-refractivity contribution in [1.29, 1.82) is 0 Å². The molecule has 0 aliphatic carbocycles. The first-order chi connectivity index (χ1) is 7.79. The lowest BCUT2D eigenvalue weighted by atomic mass is 10.3. The molecule has 0 atom stereocenters. The number of halogens is 1. The normalized spacial score (nSPS) is 13.6. The highest BCUT2D eigenvalue weighted by Crippen LogP contribution is 2.34. The Morgan fingerprint density at radius 2 is 2.06 bits per heavy atom. The van der Waals surface area contributed by atoms with Gasteiger partial charge >= 0.3 is 0 Å². The molecule has 1 aliphatic rings. The van der Waals surface area contributed by atoms with Crippen LogP contribution in [0.25, 0.3) is 0 Å². The van der Waals surface area contributed by atoms with Crippen molar-refractivity contribution in [3.63, 3.8) is 0 Å². The van der Waals surface area contributed by atoms with Crippen molar-refractivity contribution in [3.8, 4) is 11.5 Å². The lowest BCUT2D eigenvalue weighted by molar-refractivity contribution is 0.171. The first-order valence-electron chi connectivity index (χ1n) is 5.04. The molecule has 1 aromatic carbocycles. The third-order valence-corrected chi connectivity index (χ3v) is 3.66. The maximum Gasteiger partial charge on any atom is 0.162 e. The highest BCUT2D eigenvalue weighted by molar-refractivity contribution is 7.99. The Kier molecular flexibility index (Phi) is 4.02. The van der Waals surface area contributed by atoms with Crippen LogP contribution in [0, 0.1) is 0 Å².